The fourth-order valence-corrected chi connectivity index (χ4v) is 5.00. The number of nitrogen functional groups attached to an aromatic ring is 1. The number of amides is 2. The van der Waals surface area contributed by atoms with Gasteiger partial charge in [-0.15, -0.1) is 27.0 Å². The number of aromatic nitrogens is 3. The Kier molecular flexibility index (Phi) is 9.10. The normalized spacial score (nSPS) is 17.3. The van der Waals surface area contributed by atoms with Crippen LogP contribution in [-0.4, -0.2) is 72.7 Å². The van der Waals surface area contributed by atoms with E-state index >= 15 is 0 Å². The zero-order chi connectivity index (χ0) is 29.8. The second-order valence-corrected chi connectivity index (χ2v) is 11.2. The number of nitrogens with one attached hydrogen (secondary N) is 1. The maximum absolute atomic E-state index is 11.7. The molecule has 6 N–H and O–H groups in total. The molecule has 2 unspecified atom stereocenters. The molecule has 216 valence electrons. The Hall–Kier alpha value is -4.11. The molecule has 0 radical (unpaired) electrons. The number of nitrogens with zero attached hydrogens (tertiary/aromatic N) is 5. The molecule has 2 atom stereocenters. The number of hydroxylamine groups is 2. The van der Waals surface area contributed by atoms with Gasteiger partial charge >= 0.3 is 10.4 Å². The molecule has 1 aliphatic heterocycles. The molecule has 40 heavy (non-hydrogen) atoms. The van der Waals surface area contributed by atoms with Crippen molar-refractivity contribution >= 4 is 56.2 Å². The number of oxime groups is 1. The van der Waals surface area contributed by atoms with Crippen molar-refractivity contribution in [1.29, 1.82) is 0 Å². The topological polar surface area (TPSA) is 249 Å². The number of carbonyl (C=O) groups excluding carboxylic acids is 2. The molecule has 1 saturated heterocycles. The van der Waals surface area contributed by atoms with E-state index in [0.717, 1.165) is 12.3 Å². The summed E-state index contributed by atoms with van der Waals surface area (Å²) in [4.78, 5) is 46.9. The Morgan fingerprint density at radius 2 is 2.05 bits per heavy atom. The molecular formula is C20H23N7O10S3. The van der Waals surface area contributed by atoms with Gasteiger partial charge in [0.05, 0.1) is 11.7 Å². The summed E-state index contributed by atoms with van der Waals surface area (Å²) in [6, 6.07) is 0.198. The van der Waals surface area contributed by atoms with Crippen molar-refractivity contribution < 1.29 is 42.0 Å². The van der Waals surface area contributed by atoms with Crippen LogP contribution in [0.4, 0.5) is 5.13 Å². The van der Waals surface area contributed by atoms with Crippen molar-refractivity contribution in [2.24, 2.45) is 5.16 Å². The Morgan fingerprint density at radius 3 is 2.58 bits per heavy atom. The smallest absolute Gasteiger partial charge is 0.418 e. The number of pyridine rings is 1. The highest BCUT2D eigenvalue weighted by molar-refractivity contribution is 7.80. The molecule has 0 bridgehead atoms. The van der Waals surface area contributed by atoms with E-state index in [9.17, 15) is 33.1 Å². The number of thiazole rings is 2. The van der Waals surface area contributed by atoms with Crippen molar-refractivity contribution in [2.75, 3.05) is 5.73 Å². The summed E-state index contributed by atoms with van der Waals surface area (Å²) in [5.41, 5.74) is 5.02. The summed E-state index contributed by atoms with van der Waals surface area (Å²) < 4.78 is 33.8. The third kappa shape index (κ3) is 6.90. The first-order valence-corrected chi connectivity index (χ1v) is 13.9. The molecular weight excluding hydrogens is 594 g/mol. The van der Waals surface area contributed by atoms with Crippen LogP contribution in [-0.2, 0) is 29.1 Å². The monoisotopic (exact) mass is 617 g/mol. The minimum Gasteiger partial charge on any atom is -0.503 e. The first-order chi connectivity index (χ1) is 18.7. The van der Waals surface area contributed by atoms with E-state index in [1.54, 1.807) is 23.9 Å². The zero-order valence-corrected chi connectivity index (χ0v) is 23.3. The standard InChI is InChI=1S/C14H13N5O4S2.C6H10N2O6S/c1-7(8-6-25-14(15)17-8)18-23-12(13-16-2-3-24-13)9-4-10(20)11(21)5-19(9)22;1-6(2)4(7-3-9)5(10)8(6)14-15(11,12)13/h2-6,12,21-22H,1H3,(H2,15,17);3-4H,1-2H3,(H,7,9)(H,11,12,13)/b18-7+;. The number of rotatable bonds is 9. The van der Waals surface area contributed by atoms with Gasteiger partial charge in [-0.2, -0.15) is 18.2 Å². The van der Waals surface area contributed by atoms with E-state index in [1.807, 2.05) is 0 Å². The molecule has 0 spiro atoms. The summed E-state index contributed by atoms with van der Waals surface area (Å²) in [6.07, 6.45) is 1.84. The Morgan fingerprint density at radius 1 is 1.35 bits per heavy atom. The molecule has 3 aromatic heterocycles. The Bertz CT molecular complexity index is 1570. The fourth-order valence-electron chi connectivity index (χ4n) is 3.27. The van der Waals surface area contributed by atoms with E-state index in [2.05, 4.69) is 24.7 Å². The molecule has 3 aromatic rings. The first kappa shape index (κ1) is 30.4. The number of anilines is 1. The van der Waals surface area contributed by atoms with Crippen LogP contribution in [0.3, 0.4) is 0 Å². The quantitative estimate of drug-likeness (QED) is 0.0541. The highest BCUT2D eigenvalue weighted by Crippen LogP contribution is 2.32. The van der Waals surface area contributed by atoms with Crippen LogP contribution in [0.15, 0.2) is 39.2 Å². The van der Waals surface area contributed by atoms with Crippen LogP contribution in [0.5, 0.6) is 5.75 Å². The van der Waals surface area contributed by atoms with Gasteiger partial charge in [-0.3, -0.25) is 18.9 Å². The second kappa shape index (κ2) is 12.0. The van der Waals surface area contributed by atoms with Gasteiger partial charge in [0.15, 0.2) is 10.9 Å². The van der Waals surface area contributed by atoms with Gasteiger partial charge in [0, 0.05) is 23.0 Å². The highest BCUT2D eigenvalue weighted by Gasteiger charge is 2.57. The average molecular weight is 618 g/mol. The predicted octanol–water partition coefficient (Wildman–Crippen LogP) is 0.273. The average Bonchev–Trinajstić information content (AvgIpc) is 3.56. The van der Waals surface area contributed by atoms with Crippen molar-refractivity contribution in [3.8, 4) is 5.75 Å². The van der Waals surface area contributed by atoms with E-state index in [1.165, 1.54) is 36.5 Å². The fraction of sp³-hybridized carbons (Fsp3) is 0.300. The van der Waals surface area contributed by atoms with Gasteiger partial charge in [-0.1, -0.05) is 5.16 Å². The van der Waals surface area contributed by atoms with Crippen molar-refractivity contribution in [3.63, 3.8) is 0 Å². The number of aromatic hydroxyl groups is 1. The van der Waals surface area contributed by atoms with Crippen LogP contribution in [0.1, 0.15) is 43.3 Å². The maximum atomic E-state index is 11.7. The summed E-state index contributed by atoms with van der Waals surface area (Å²) in [5, 5.41) is 30.5. The third-order valence-corrected chi connectivity index (χ3v) is 7.08. The molecule has 1 fully saturated rings. The minimum absolute atomic E-state index is 0.0760. The van der Waals surface area contributed by atoms with Gasteiger partial charge in [0.2, 0.25) is 17.9 Å². The van der Waals surface area contributed by atoms with Gasteiger partial charge in [0.25, 0.3) is 5.91 Å². The lowest BCUT2D eigenvalue weighted by Crippen LogP contribution is -2.75. The van der Waals surface area contributed by atoms with Gasteiger partial charge in [-0.05, 0) is 20.8 Å². The number of hydrogen-bond donors (Lipinski definition) is 5. The SMILES string of the molecule is C/C(=N\OC(c1nccs1)c1cc(=O)c(O)cn1O)c1csc(N)n1.CC1(C)C(NC=O)C(=O)N1OS(=O)(=O)O. The lowest BCUT2D eigenvalue weighted by molar-refractivity contribution is -0.218. The minimum atomic E-state index is -4.74. The summed E-state index contributed by atoms with van der Waals surface area (Å²) in [7, 11) is -4.74. The predicted molar refractivity (Wildman–Crippen MR) is 140 cm³/mol. The summed E-state index contributed by atoms with van der Waals surface area (Å²) in [6.45, 7) is 4.64. The number of hydrogen-bond acceptors (Lipinski definition) is 15. The van der Waals surface area contributed by atoms with Crippen LogP contribution >= 0.6 is 22.7 Å². The van der Waals surface area contributed by atoms with Gasteiger partial charge < -0.3 is 26.2 Å². The van der Waals surface area contributed by atoms with E-state index in [-0.39, 0.29) is 5.69 Å². The van der Waals surface area contributed by atoms with E-state index < -0.39 is 45.2 Å². The summed E-state index contributed by atoms with van der Waals surface area (Å²) >= 11 is 2.54. The Balaban J connectivity index is 0.000000252. The highest BCUT2D eigenvalue weighted by atomic mass is 32.3. The zero-order valence-electron chi connectivity index (χ0n) is 20.9. The lowest BCUT2D eigenvalue weighted by atomic mass is 9.85. The number of β-lactam (4-membered cyclic amide) rings is 1. The van der Waals surface area contributed by atoms with Crippen molar-refractivity contribution in [2.45, 2.75) is 38.5 Å². The largest absolute Gasteiger partial charge is 0.503 e. The molecule has 4 heterocycles. The van der Waals surface area contributed by atoms with Gasteiger partial charge in [0.1, 0.15) is 28.1 Å². The lowest BCUT2D eigenvalue weighted by Gasteiger charge is -2.50. The van der Waals surface area contributed by atoms with E-state index in [0.29, 0.717) is 37.7 Å². The third-order valence-electron chi connectivity index (χ3n) is 5.25. The molecule has 1 aliphatic rings. The first-order valence-electron chi connectivity index (χ1n) is 10.8. The maximum Gasteiger partial charge on any atom is 0.418 e. The summed E-state index contributed by atoms with van der Waals surface area (Å²) in [5.74, 6) is -1.33. The van der Waals surface area contributed by atoms with Crippen molar-refractivity contribution in [3.05, 3.63) is 55.8 Å². The van der Waals surface area contributed by atoms with E-state index in [4.69, 9.17) is 15.1 Å². The van der Waals surface area contributed by atoms with Gasteiger partial charge in [-0.25, -0.2) is 9.97 Å². The molecule has 17 nitrogen and oxygen atoms in total. The Labute approximate surface area is 234 Å². The van der Waals surface area contributed by atoms with Crippen LogP contribution in [0.25, 0.3) is 0 Å². The van der Waals surface area contributed by atoms with Crippen LogP contribution in [0, 0.1) is 0 Å². The molecule has 4 rings (SSSR count). The second-order valence-electron chi connectivity index (χ2n) is 8.40. The molecule has 2 amide bonds. The van der Waals surface area contributed by atoms with Crippen LogP contribution < -0.4 is 16.5 Å². The molecule has 20 heteroatoms. The number of nitrogens with two attached hydrogens (primary N) is 1. The molecule has 0 aromatic carbocycles. The molecule has 0 saturated carbocycles. The van der Waals surface area contributed by atoms with Crippen LogP contribution in [0.2, 0.25) is 0 Å². The van der Waals surface area contributed by atoms with Crippen molar-refractivity contribution in [1.82, 2.24) is 25.1 Å². The number of carbonyl (C=O) groups is 2. The molecule has 0 aliphatic carbocycles.